The molecule has 0 amide bonds. The number of hydrogen-bond donors (Lipinski definition) is 1. The highest BCUT2D eigenvalue weighted by Crippen LogP contribution is 2.30. The Bertz CT molecular complexity index is 510. The highest BCUT2D eigenvalue weighted by Gasteiger charge is 2.34. The van der Waals surface area contributed by atoms with Crippen LogP contribution in [0.4, 0.5) is 0 Å². The fourth-order valence-electron chi connectivity index (χ4n) is 1.90. The van der Waals surface area contributed by atoms with Gasteiger partial charge in [-0.15, -0.1) is 0 Å². The monoisotopic (exact) mass is 255 g/mol. The van der Waals surface area contributed by atoms with Gasteiger partial charge in [0.05, 0.1) is 0 Å². The molecule has 97 valence electrons. The van der Waals surface area contributed by atoms with Crippen molar-refractivity contribution in [2.24, 2.45) is 0 Å². The Labute approximate surface area is 112 Å². The first-order valence-electron chi connectivity index (χ1n) is 5.98. The van der Waals surface area contributed by atoms with Gasteiger partial charge >= 0.3 is 6.47 Å². The van der Waals surface area contributed by atoms with E-state index in [1.165, 1.54) is 6.47 Å². The molecule has 3 nitrogen and oxygen atoms in total. The van der Waals surface area contributed by atoms with Gasteiger partial charge in [-0.05, 0) is 13.8 Å². The maximum atomic E-state index is 10.7. The number of ether oxygens (including phenoxy) is 1. The van der Waals surface area contributed by atoms with Gasteiger partial charge in [0.1, 0.15) is 0 Å². The number of aliphatic hydroxyl groups is 1. The first kappa shape index (κ1) is 13.3. The maximum Gasteiger partial charge on any atom is 0.420 e. The Hall–Kier alpha value is -2.13. The zero-order valence-corrected chi connectivity index (χ0v) is 10.9. The fraction of sp³-hybridized carbons (Fsp3) is 0.188. The van der Waals surface area contributed by atoms with E-state index in [-0.39, 0.29) is 0 Å². The Balaban J connectivity index is 2.50. The summed E-state index contributed by atoms with van der Waals surface area (Å²) in [4.78, 5) is 10.6. The molecule has 2 aromatic rings. The lowest BCUT2D eigenvalue weighted by Crippen LogP contribution is -2.30. The van der Waals surface area contributed by atoms with Crippen molar-refractivity contribution in [2.75, 3.05) is 0 Å². The van der Waals surface area contributed by atoms with E-state index in [9.17, 15) is 9.90 Å². The predicted octanol–water partition coefficient (Wildman–Crippen LogP) is 2.58. The van der Waals surface area contributed by atoms with Crippen molar-refractivity contribution < 1.29 is 14.6 Å². The molecule has 2 aromatic carbocycles. The van der Waals surface area contributed by atoms with Crippen LogP contribution >= 0.6 is 0 Å². The summed E-state index contributed by atoms with van der Waals surface area (Å²) >= 11 is 0. The van der Waals surface area contributed by atoms with Crippen LogP contribution in [0.1, 0.15) is 22.3 Å². The van der Waals surface area contributed by atoms with Gasteiger partial charge in [-0.3, -0.25) is 0 Å². The molecule has 0 atom stereocenters. The minimum absolute atomic E-state index is 0.491. The molecular formula is C16H15O3. The molecule has 1 N–H and O–H groups in total. The van der Waals surface area contributed by atoms with Crippen LogP contribution in [-0.2, 0) is 15.3 Å². The highest BCUT2D eigenvalue weighted by atomic mass is 16.6. The molecule has 0 aliphatic rings. The number of rotatable bonds is 4. The zero-order valence-electron chi connectivity index (χ0n) is 10.9. The van der Waals surface area contributed by atoms with Crippen molar-refractivity contribution in [3.8, 4) is 0 Å². The molecule has 0 unspecified atom stereocenters. The third kappa shape index (κ3) is 2.66. The number of aryl methyl sites for hydroxylation is 2. The molecule has 0 aliphatic heterocycles. The fourth-order valence-corrected chi connectivity index (χ4v) is 1.90. The average molecular weight is 255 g/mol. The second kappa shape index (κ2) is 5.24. The third-order valence-corrected chi connectivity index (χ3v) is 3.08. The van der Waals surface area contributed by atoms with E-state index in [0.29, 0.717) is 11.1 Å². The molecule has 1 radical (unpaired) electrons. The van der Waals surface area contributed by atoms with E-state index >= 15 is 0 Å². The summed E-state index contributed by atoms with van der Waals surface area (Å²) in [7, 11) is 0. The van der Waals surface area contributed by atoms with E-state index in [1.54, 1.807) is 24.3 Å². The Morgan fingerprint density at radius 2 is 1.26 bits per heavy atom. The van der Waals surface area contributed by atoms with Gasteiger partial charge < -0.3 is 9.84 Å². The summed E-state index contributed by atoms with van der Waals surface area (Å²) in [5.74, 6) is -1.80. The van der Waals surface area contributed by atoms with Gasteiger partial charge in [0.25, 0.3) is 5.79 Å². The van der Waals surface area contributed by atoms with Crippen molar-refractivity contribution in [3.63, 3.8) is 0 Å². The lowest BCUT2D eigenvalue weighted by Gasteiger charge is -2.26. The lowest BCUT2D eigenvalue weighted by molar-refractivity contribution is -0.119. The van der Waals surface area contributed by atoms with Gasteiger partial charge in [0.2, 0.25) is 0 Å². The van der Waals surface area contributed by atoms with Gasteiger partial charge in [-0.2, -0.15) is 0 Å². The summed E-state index contributed by atoms with van der Waals surface area (Å²) in [6.45, 7) is 5.23. The second-order valence-electron chi connectivity index (χ2n) is 4.56. The first-order chi connectivity index (χ1) is 9.06. The van der Waals surface area contributed by atoms with Crippen LogP contribution in [0, 0.1) is 13.8 Å². The number of carbonyl (C=O) groups excluding carboxylic acids is 1. The molecule has 0 saturated heterocycles. The highest BCUT2D eigenvalue weighted by molar-refractivity contribution is 5.45. The topological polar surface area (TPSA) is 46.5 Å². The average Bonchev–Trinajstić information content (AvgIpc) is 2.40. The molecule has 3 heteroatoms. The van der Waals surface area contributed by atoms with Crippen LogP contribution in [-0.4, -0.2) is 11.6 Å². The zero-order chi connectivity index (χ0) is 13.9. The summed E-state index contributed by atoms with van der Waals surface area (Å²) in [5.41, 5.74) is 3.10. The van der Waals surface area contributed by atoms with Crippen molar-refractivity contribution in [1.29, 1.82) is 0 Å². The SMILES string of the molecule is Cc1ccc(C(O)(O[C]=O)c2ccc(C)cc2)cc1. The van der Waals surface area contributed by atoms with E-state index in [1.807, 2.05) is 38.1 Å². The Kier molecular flexibility index (Phi) is 3.67. The standard InChI is InChI=1S/C16H15O3/c1-12-3-7-14(8-4-12)16(18,19-11-17)15-9-5-13(2)6-10-15/h3-10,18H,1-2H3. The van der Waals surface area contributed by atoms with Gasteiger partial charge in [0, 0.05) is 11.1 Å². The van der Waals surface area contributed by atoms with Crippen LogP contribution in [0.3, 0.4) is 0 Å². The smallest absolute Gasteiger partial charge is 0.416 e. The van der Waals surface area contributed by atoms with Crippen LogP contribution in [0.15, 0.2) is 48.5 Å². The molecule has 2 rings (SSSR count). The predicted molar refractivity (Wildman–Crippen MR) is 72.1 cm³/mol. The van der Waals surface area contributed by atoms with Crippen molar-refractivity contribution in [2.45, 2.75) is 19.6 Å². The molecule has 0 fully saturated rings. The molecular weight excluding hydrogens is 240 g/mol. The van der Waals surface area contributed by atoms with Crippen LogP contribution in [0.5, 0.6) is 0 Å². The van der Waals surface area contributed by atoms with Crippen LogP contribution in [0.25, 0.3) is 0 Å². The van der Waals surface area contributed by atoms with E-state index < -0.39 is 5.79 Å². The van der Waals surface area contributed by atoms with Gasteiger partial charge in [-0.1, -0.05) is 59.7 Å². The van der Waals surface area contributed by atoms with E-state index in [0.717, 1.165) is 11.1 Å². The van der Waals surface area contributed by atoms with Gasteiger partial charge in [-0.25, -0.2) is 4.79 Å². The molecule has 0 heterocycles. The van der Waals surface area contributed by atoms with Crippen molar-refractivity contribution in [1.82, 2.24) is 0 Å². The molecule has 0 aliphatic carbocycles. The maximum absolute atomic E-state index is 10.7. The third-order valence-electron chi connectivity index (χ3n) is 3.08. The summed E-state index contributed by atoms with van der Waals surface area (Å²) in [6, 6.07) is 14.3. The van der Waals surface area contributed by atoms with Crippen LogP contribution in [0.2, 0.25) is 0 Å². The van der Waals surface area contributed by atoms with E-state index in [2.05, 4.69) is 0 Å². The molecule has 0 bridgehead atoms. The molecule has 0 saturated carbocycles. The first-order valence-corrected chi connectivity index (χ1v) is 5.98. The molecule has 19 heavy (non-hydrogen) atoms. The number of hydrogen-bond acceptors (Lipinski definition) is 3. The summed E-state index contributed by atoms with van der Waals surface area (Å²) < 4.78 is 4.83. The minimum atomic E-state index is -1.80. The van der Waals surface area contributed by atoms with Crippen LogP contribution < -0.4 is 0 Å². The summed E-state index contributed by atoms with van der Waals surface area (Å²) in [6.07, 6.45) is 0. The summed E-state index contributed by atoms with van der Waals surface area (Å²) in [5, 5.41) is 10.7. The Morgan fingerprint density at radius 1 is 0.895 bits per heavy atom. The molecule has 0 spiro atoms. The van der Waals surface area contributed by atoms with Crippen molar-refractivity contribution >= 4 is 6.47 Å². The quantitative estimate of drug-likeness (QED) is 0.854. The minimum Gasteiger partial charge on any atom is -0.416 e. The number of benzene rings is 2. The largest absolute Gasteiger partial charge is 0.420 e. The molecule has 0 aromatic heterocycles. The van der Waals surface area contributed by atoms with E-state index in [4.69, 9.17) is 4.74 Å². The normalized spacial score (nSPS) is 11.1. The van der Waals surface area contributed by atoms with Gasteiger partial charge in [0.15, 0.2) is 0 Å². The van der Waals surface area contributed by atoms with Crippen molar-refractivity contribution in [3.05, 3.63) is 70.8 Å². The Morgan fingerprint density at radius 3 is 1.58 bits per heavy atom. The lowest BCUT2D eigenvalue weighted by atomic mass is 9.96. The second-order valence-corrected chi connectivity index (χ2v) is 4.56.